The van der Waals surface area contributed by atoms with Crippen LogP contribution in [0.25, 0.3) is 0 Å². The van der Waals surface area contributed by atoms with E-state index in [2.05, 4.69) is 29.2 Å². The Hall–Kier alpha value is -1.11. The second-order valence-corrected chi connectivity index (χ2v) is 8.20. The molecule has 1 saturated carbocycles. The van der Waals surface area contributed by atoms with Gasteiger partial charge in [0.1, 0.15) is 4.21 Å². The summed E-state index contributed by atoms with van der Waals surface area (Å²) in [4.78, 5) is 0. The lowest BCUT2D eigenvalue weighted by atomic mass is 10.2. The van der Waals surface area contributed by atoms with E-state index in [0.717, 1.165) is 5.56 Å². The zero-order valence-electron chi connectivity index (χ0n) is 11.6. The summed E-state index contributed by atoms with van der Waals surface area (Å²) in [5.41, 5.74) is 3.46. The summed E-state index contributed by atoms with van der Waals surface area (Å²) in [6.45, 7) is 4.51. The van der Waals surface area contributed by atoms with Gasteiger partial charge in [0.2, 0.25) is 10.0 Å². The van der Waals surface area contributed by atoms with Crippen LogP contribution >= 0.6 is 11.3 Å². The second kappa shape index (κ2) is 5.02. The maximum absolute atomic E-state index is 12.1. The van der Waals surface area contributed by atoms with Gasteiger partial charge in [0.05, 0.1) is 0 Å². The predicted octanol–water partition coefficient (Wildman–Crippen LogP) is 2.98. The van der Waals surface area contributed by atoms with Crippen molar-refractivity contribution in [3.05, 3.63) is 40.5 Å². The molecule has 0 amide bonds. The summed E-state index contributed by atoms with van der Waals surface area (Å²) in [6, 6.07) is 6.08. The highest BCUT2D eigenvalue weighted by Crippen LogP contribution is 2.38. The topological polar surface area (TPSA) is 51.1 Å². The minimum absolute atomic E-state index is 0.354. The van der Waals surface area contributed by atoms with E-state index in [1.165, 1.54) is 35.6 Å². The number of thiophene rings is 1. The van der Waals surface area contributed by atoms with Crippen LogP contribution in [0.5, 0.6) is 0 Å². The Kier molecular flexibility index (Phi) is 3.48. The van der Waals surface area contributed by atoms with Gasteiger partial charge in [0.15, 0.2) is 0 Å². The third-order valence-electron chi connectivity index (χ3n) is 3.71. The molecule has 1 aliphatic rings. The maximum atomic E-state index is 12.1. The first kappa shape index (κ1) is 13.9. The monoisotopic (exact) mass is 310 g/mol. The van der Waals surface area contributed by atoms with Crippen LogP contribution < -0.4 is 4.72 Å². The Morgan fingerprint density at radius 1 is 1.40 bits per heavy atom. The standard InChI is InChI=1S/C14H18N2O2S2/c1-10-8-12(11(2)16(10)13-5-6-13)9-15-20(17,18)14-4-3-7-19-14/h3-4,7-8,13,15H,5-6,9H2,1-2H3. The van der Waals surface area contributed by atoms with Crippen molar-refractivity contribution in [2.45, 2.75) is 43.5 Å². The number of aryl methyl sites for hydroxylation is 1. The van der Waals surface area contributed by atoms with Gasteiger partial charge in [-0.1, -0.05) is 6.07 Å². The molecule has 1 fully saturated rings. The van der Waals surface area contributed by atoms with Crippen molar-refractivity contribution in [1.29, 1.82) is 0 Å². The van der Waals surface area contributed by atoms with Gasteiger partial charge in [0.25, 0.3) is 0 Å². The molecule has 0 aliphatic heterocycles. The number of nitrogens with one attached hydrogen (secondary N) is 1. The number of rotatable bonds is 5. The number of hydrogen-bond acceptors (Lipinski definition) is 3. The summed E-state index contributed by atoms with van der Waals surface area (Å²) in [5, 5.41) is 1.77. The Morgan fingerprint density at radius 2 is 2.15 bits per heavy atom. The summed E-state index contributed by atoms with van der Waals surface area (Å²) >= 11 is 1.24. The summed E-state index contributed by atoms with van der Waals surface area (Å²) in [5.74, 6) is 0. The highest BCUT2D eigenvalue weighted by Gasteiger charge is 2.27. The Balaban J connectivity index is 1.78. The largest absolute Gasteiger partial charge is 0.346 e. The van der Waals surface area contributed by atoms with E-state index in [1.54, 1.807) is 17.5 Å². The molecular formula is C14H18N2O2S2. The fourth-order valence-corrected chi connectivity index (χ4v) is 4.62. The van der Waals surface area contributed by atoms with Gasteiger partial charge in [-0.05, 0) is 49.8 Å². The molecule has 0 saturated heterocycles. The zero-order valence-corrected chi connectivity index (χ0v) is 13.2. The normalized spacial score (nSPS) is 15.7. The molecule has 108 valence electrons. The molecule has 20 heavy (non-hydrogen) atoms. The van der Waals surface area contributed by atoms with Crippen molar-refractivity contribution in [3.63, 3.8) is 0 Å². The van der Waals surface area contributed by atoms with Gasteiger partial charge < -0.3 is 4.57 Å². The molecule has 1 N–H and O–H groups in total. The summed E-state index contributed by atoms with van der Waals surface area (Å²) < 4.78 is 29.6. The third kappa shape index (κ3) is 2.55. The van der Waals surface area contributed by atoms with Crippen LogP contribution in [0, 0.1) is 13.8 Å². The van der Waals surface area contributed by atoms with Gasteiger partial charge in [-0.25, -0.2) is 13.1 Å². The number of nitrogens with zero attached hydrogens (tertiary/aromatic N) is 1. The first-order valence-corrected chi connectivity index (χ1v) is 9.06. The maximum Gasteiger partial charge on any atom is 0.250 e. The molecule has 0 radical (unpaired) electrons. The van der Waals surface area contributed by atoms with Crippen molar-refractivity contribution in [2.75, 3.05) is 0 Å². The van der Waals surface area contributed by atoms with Crippen LogP contribution in [-0.4, -0.2) is 13.0 Å². The van der Waals surface area contributed by atoms with Crippen LogP contribution in [0.15, 0.2) is 27.8 Å². The van der Waals surface area contributed by atoms with E-state index in [1.807, 2.05) is 0 Å². The lowest BCUT2D eigenvalue weighted by Gasteiger charge is -2.08. The van der Waals surface area contributed by atoms with Crippen molar-refractivity contribution in [2.24, 2.45) is 0 Å². The van der Waals surface area contributed by atoms with Crippen LogP contribution in [0.4, 0.5) is 0 Å². The molecule has 0 unspecified atom stereocenters. The van der Waals surface area contributed by atoms with Crippen molar-refractivity contribution < 1.29 is 8.42 Å². The first-order chi connectivity index (χ1) is 9.49. The zero-order chi connectivity index (χ0) is 14.3. The lowest BCUT2D eigenvalue weighted by Crippen LogP contribution is -2.22. The molecule has 0 atom stereocenters. The molecule has 4 nitrogen and oxygen atoms in total. The van der Waals surface area contributed by atoms with Crippen LogP contribution in [0.1, 0.15) is 35.8 Å². The fraction of sp³-hybridized carbons (Fsp3) is 0.429. The molecule has 0 aromatic carbocycles. The van der Waals surface area contributed by atoms with E-state index in [-0.39, 0.29) is 0 Å². The minimum Gasteiger partial charge on any atom is -0.346 e. The lowest BCUT2D eigenvalue weighted by molar-refractivity contribution is 0.583. The molecule has 1 aliphatic carbocycles. The SMILES string of the molecule is Cc1cc(CNS(=O)(=O)c2cccs2)c(C)n1C1CC1. The Labute approximate surface area is 123 Å². The summed E-state index contributed by atoms with van der Waals surface area (Å²) in [7, 11) is -3.38. The van der Waals surface area contributed by atoms with Gasteiger partial charge in [-0.2, -0.15) is 0 Å². The fourth-order valence-electron chi connectivity index (χ4n) is 2.58. The molecule has 2 aromatic heterocycles. The van der Waals surface area contributed by atoms with Crippen molar-refractivity contribution >= 4 is 21.4 Å². The second-order valence-electron chi connectivity index (χ2n) is 5.25. The van der Waals surface area contributed by atoms with Crippen LogP contribution in [0.3, 0.4) is 0 Å². The van der Waals surface area contributed by atoms with E-state index in [0.29, 0.717) is 16.8 Å². The molecule has 6 heteroatoms. The number of hydrogen-bond donors (Lipinski definition) is 1. The van der Waals surface area contributed by atoms with Crippen LogP contribution in [-0.2, 0) is 16.6 Å². The average molecular weight is 310 g/mol. The molecule has 2 aromatic rings. The summed E-state index contributed by atoms with van der Waals surface area (Å²) in [6.07, 6.45) is 2.47. The smallest absolute Gasteiger partial charge is 0.250 e. The first-order valence-electron chi connectivity index (χ1n) is 6.69. The highest BCUT2D eigenvalue weighted by molar-refractivity contribution is 7.91. The van der Waals surface area contributed by atoms with Gasteiger partial charge in [0, 0.05) is 24.0 Å². The quantitative estimate of drug-likeness (QED) is 0.923. The Bertz CT molecular complexity index is 711. The number of aromatic nitrogens is 1. The molecular weight excluding hydrogens is 292 g/mol. The van der Waals surface area contributed by atoms with E-state index >= 15 is 0 Å². The van der Waals surface area contributed by atoms with E-state index < -0.39 is 10.0 Å². The molecule has 3 rings (SSSR count). The minimum atomic E-state index is -3.38. The third-order valence-corrected chi connectivity index (χ3v) is 6.51. The highest BCUT2D eigenvalue weighted by atomic mass is 32.2. The van der Waals surface area contributed by atoms with Crippen molar-refractivity contribution in [1.82, 2.24) is 9.29 Å². The van der Waals surface area contributed by atoms with E-state index in [9.17, 15) is 8.42 Å². The average Bonchev–Trinajstić information content (AvgIpc) is 2.97. The predicted molar refractivity (Wildman–Crippen MR) is 80.5 cm³/mol. The molecule has 0 bridgehead atoms. The number of sulfonamides is 1. The molecule has 2 heterocycles. The van der Waals surface area contributed by atoms with E-state index in [4.69, 9.17) is 0 Å². The van der Waals surface area contributed by atoms with Gasteiger partial charge >= 0.3 is 0 Å². The molecule has 0 spiro atoms. The van der Waals surface area contributed by atoms with Crippen LogP contribution in [0.2, 0.25) is 0 Å². The van der Waals surface area contributed by atoms with Gasteiger partial charge in [-0.3, -0.25) is 0 Å². The van der Waals surface area contributed by atoms with Crippen molar-refractivity contribution in [3.8, 4) is 0 Å². The van der Waals surface area contributed by atoms with Gasteiger partial charge in [-0.15, -0.1) is 11.3 Å². The Morgan fingerprint density at radius 3 is 2.75 bits per heavy atom.